The van der Waals surface area contributed by atoms with Crippen molar-refractivity contribution >= 4 is 0 Å². The number of hydrogen-bond donors (Lipinski definition) is 0. The molecule has 108 valence electrons. The van der Waals surface area contributed by atoms with Gasteiger partial charge in [-0.3, -0.25) is 0 Å². The molecule has 0 N–H and O–H groups in total. The molecule has 1 aromatic rings. The Hall–Kier alpha value is -0.860. The lowest BCUT2D eigenvalue weighted by atomic mass is 9.86. The van der Waals surface area contributed by atoms with Gasteiger partial charge in [0.15, 0.2) is 5.79 Å². The van der Waals surface area contributed by atoms with Crippen LogP contribution in [0.2, 0.25) is 0 Å². The zero-order valence-electron chi connectivity index (χ0n) is 13.2. The molecule has 1 rings (SSSR count). The van der Waals surface area contributed by atoms with Gasteiger partial charge >= 0.3 is 0 Å². The summed E-state index contributed by atoms with van der Waals surface area (Å²) in [5.74, 6) is -0.597. The Bertz CT molecular complexity index is 367. The Morgan fingerprint density at radius 3 is 1.53 bits per heavy atom. The van der Waals surface area contributed by atoms with E-state index in [0.717, 1.165) is 12.0 Å². The predicted octanol–water partition coefficient (Wildman–Crippen LogP) is 4.62. The Morgan fingerprint density at radius 1 is 0.789 bits per heavy atom. The fraction of sp³-hybridized carbons (Fsp3) is 0.647. The van der Waals surface area contributed by atoms with Crippen molar-refractivity contribution in [2.75, 3.05) is 13.2 Å². The van der Waals surface area contributed by atoms with E-state index in [9.17, 15) is 0 Å². The summed E-state index contributed by atoms with van der Waals surface area (Å²) in [6, 6.07) is 8.63. The fourth-order valence-corrected chi connectivity index (χ4v) is 2.31. The van der Waals surface area contributed by atoms with Crippen LogP contribution in [0.5, 0.6) is 0 Å². The molecule has 0 aliphatic carbocycles. The van der Waals surface area contributed by atoms with Crippen molar-refractivity contribution in [3.63, 3.8) is 0 Å². The van der Waals surface area contributed by atoms with E-state index in [2.05, 4.69) is 52.0 Å². The zero-order valence-corrected chi connectivity index (χ0v) is 13.2. The molecule has 0 unspecified atom stereocenters. The first kappa shape index (κ1) is 16.2. The third kappa shape index (κ3) is 3.80. The van der Waals surface area contributed by atoms with Crippen molar-refractivity contribution in [3.8, 4) is 0 Å². The van der Waals surface area contributed by atoms with Crippen molar-refractivity contribution in [1.82, 2.24) is 0 Å². The number of hydrogen-bond acceptors (Lipinski definition) is 2. The minimum absolute atomic E-state index is 0.171. The summed E-state index contributed by atoms with van der Waals surface area (Å²) in [6.45, 7) is 14.1. The van der Waals surface area contributed by atoms with Crippen molar-refractivity contribution in [2.24, 2.45) is 0 Å². The normalized spacial score (nSPS) is 12.7. The van der Waals surface area contributed by atoms with Crippen molar-refractivity contribution < 1.29 is 9.47 Å². The van der Waals surface area contributed by atoms with Crippen molar-refractivity contribution in [1.29, 1.82) is 0 Å². The second-order valence-corrected chi connectivity index (χ2v) is 5.80. The van der Waals surface area contributed by atoms with E-state index in [1.165, 1.54) is 5.56 Å². The minimum Gasteiger partial charge on any atom is -0.346 e. The van der Waals surface area contributed by atoms with E-state index >= 15 is 0 Å². The molecule has 0 heterocycles. The van der Waals surface area contributed by atoms with Crippen molar-refractivity contribution in [3.05, 3.63) is 35.4 Å². The molecule has 0 fully saturated rings. The lowest BCUT2D eigenvalue weighted by Gasteiger charge is -2.33. The van der Waals surface area contributed by atoms with Gasteiger partial charge in [0.05, 0.1) is 0 Å². The van der Waals surface area contributed by atoms with E-state index in [4.69, 9.17) is 9.47 Å². The van der Waals surface area contributed by atoms with E-state index in [-0.39, 0.29) is 5.41 Å². The maximum Gasteiger partial charge on any atom is 0.194 e. The number of benzene rings is 1. The molecule has 0 atom stereocenters. The molecule has 0 radical (unpaired) electrons. The van der Waals surface area contributed by atoms with Gasteiger partial charge < -0.3 is 9.47 Å². The van der Waals surface area contributed by atoms with Crippen LogP contribution in [0.1, 0.15) is 59.1 Å². The largest absolute Gasteiger partial charge is 0.346 e. The summed E-state index contributed by atoms with van der Waals surface area (Å²) in [5.41, 5.74) is 2.60. The highest BCUT2D eigenvalue weighted by Gasteiger charge is 2.31. The summed E-state index contributed by atoms with van der Waals surface area (Å²) in [4.78, 5) is 0. The van der Waals surface area contributed by atoms with E-state index in [0.29, 0.717) is 13.2 Å². The van der Waals surface area contributed by atoms with Gasteiger partial charge in [-0.1, -0.05) is 52.0 Å². The quantitative estimate of drug-likeness (QED) is 0.698. The number of rotatable bonds is 6. The smallest absolute Gasteiger partial charge is 0.194 e. The summed E-state index contributed by atoms with van der Waals surface area (Å²) in [5, 5.41) is 0. The first-order valence-electron chi connectivity index (χ1n) is 7.28. The van der Waals surface area contributed by atoms with Gasteiger partial charge in [-0.25, -0.2) is 0 Å². The van der Waals surface area contributed by atoms with Gasteiger partial charge in [0.1, 0.15) is 0 Å². The van der Waals surface area contributed by atoms with Crippen LogP contribution < -0.4 is 0 Å². The molecule has 0 aliphatic heterocycles. The molecule has 0 aliphatic rings. The maximum absolute atomic E-state index is 5.91. The average Bonchev–Trinajstić information content (AvgIpc) is 2.37. The molecule has 2 nitrogen and oxygen atoms in total. The van der Waals surface area contributed by atoms with Crippen LogP contribution in [0.15, 0.2) is 24.3 Å². The number of ether oxygens (including phenoxy) is 2. The molecule has 0 saturated heterocycles. The molecule has 1 aromatic carbocycles. The fourth-order valence-electron chi connectivity index (χ4n) is 2.31. The van der Waals surface area contributed by atoms with E-state index < -0.39 is 5.79 Å². The summed E-state index contributed by atoms with van der Waals surface area (Å²) in [7, 11) is 0. The standard InChI is InChI=1S/C17H28O2/c1-7-17(18-8-2,19-9-3)15-12-10-14(11-13-15)16(4,5)6/h10-13H,7-9H2,1-6H3. The molecule has 0 bridgehead atoms. The molecule has 0 amide bonds. The van der Waals surface area contributed by atoms with E-state index in [1.807, 2.05) is 13.8 Å². The molecule has 0 spiro atoms. The van der Waals surface area contributed by atoms with Crippen LogP contribution in [-0.2, 0) is 20.7 Å². The highest BCUT2D eigenvalue weighted by Crippen LogP contribution is 2.32. The lowest BCUT2D eigenvalue weighted by molar-refractivity contribution is -0.244. The second kappa shape index (κ2) is 6.53. The first-order valence-corrected chi connectivity index (χ1v) is 7.28. The Morgan fingerprint density at radius 2 is 1.21 bits per heavy atom. The summed E-state index contributed by atoms with van der Waals surface area (Å²) in [6.07, 6.45) is 0.809. The van der Waals surface area contributed by atoms with Gasteiger partial charge in [0.2, 0.25) is 0 Å². The second-order valence-electron chi connectivity index (χ2n) is 5.80. The average molecular weight is 264 g/mol. The maximum atomic E-state index is 5.91. The van der Waals surface area contributed by atoms with Gasteiger partial charge in [-0.2, -0.15) is 0 Å². The zero-order chi connectivity index (χ0) is 14.5. The SMILES string of the molecule is CCOC(CC)(OCC)c1ccc(C(C)(C)C)cc1. The Kier molecular flexibility index (Phi) is 5.57. The Labute approximate surface area is 118 Å². The van der Waals surface area contributed by atoms with Crippen molar-refractivity contribution in [2.45, 2.75) is 59.2 Å². The predicted molar refractivity (Wildman–Crippen MR) is 80.4 cm³/mol. The molecular weight excluding hydrogens is 236 g/mol. The van der Waals surface area contributed by atoms with Crippen LogP contribution in [0.4, 0.5) is 0 Å². The molecule has 19 heavy (non-hydrogen) atoms. The molecular formula is C17H28O2. The summed E-state index contributed by atoms with van der Waals surface area (Å²) < 4.78 is 11.8. The third-order valence-electron chi connectivity index (χ3n) is 3.41. The van der Waals surface area contributed by atoms with Crippen LogP contribution >= 0.6 is 0 Å². The summed E-state index contributed by atoms with van der Waals surface area (Å²) >= 11 is 0. The van der Waals surface area contributed by atoms with Crippen LogP contribution in [0, 0.1) is 0 Å². The monoisotopic (exact) mass is 264 g/mol. The van der Waals surface area contributed by atoms with Crippen LogP contribution in [0.3, 0.4) is 0 Å². The van der Waals surface area contributed by atoms with Gasteiger partial charge in [0.25, 0.3) is 0 Å². The highest BCUT2D eigenvalue weighted by molar-refractivity contribution is 5.30. The van der Waals surface area contributed by atoms with E-state index in [1.54, 1.807) is 0 Å². The molecule has 0 aromatic heterocycles. The first-order chi connectivity index (χ1) is 8.89. The van der Waals surface area contributed by atoms with Gasteiger partial charge in [-0.05, 0) is 24.8 Å². The lowest BCUT2D eigenvalue weighted by Crippen LogP contribution is -2.32. The minimum atomic E-state index is -0.597. The third-order valence-corrected chi connectivity index (χ3v) is 3.41. The topological polar surface area (TPSA) is 18.5 Å². The van der Waals surface area contributed by atoms with Gasteiger partial charge in [-0.15, -0.1) is 0 Å². The highest BCUT2D eigenvalue weighted by atomic mass is 16.7. The van der Waals surface area contributed by atoms with Crippen LogP contribution in [-0.4, -0.2) is 13.2 Å². The van der Waals surface area contributed by atoms with Crippen LogP contribution in [0.25, 0.3) is 0 Å². The molecule has 0 saturated carbocycles. The van der Waals surface area contributed by atoms with Gasteiger partial charge in [0, 0.05) is 25.2 Å². The molecule has 2 heteroatoms. The Balaban J connectivity index is 3.10.